The Morgan fingerprint density at radius 1 is 1.14 bits per heavy atom. The summed E-state index contributed by atoms with van der Waals surface area (Å²) in [6.45, 7) is 11.6. The van der Waals surface area contributed by atoms with Crippen LogP contribution in [-0.4, -0.2) is 22.8 Å². The molecule has 1 aromatic rings. The maximum absolute atomic E-state index is 9.63. The number of nitriles is 1. The lowest BCUT2D eigenvalue weighted by atomic mass is 10.0. The van der Waals surface area contributed by atoms with Gasteiger partial charge in [-0.15, -0.1) is 5.10 Å². The molecule has 1 unspecified atom stereocenters. The van der Waals surface area contributed by atoms with Gasteiger partial charge >= 0.3 is 0 Å². The van der Waals surface area contributed by atoms with Crippen LogP contribution in [0, 0.1) is 11.3 Å². The van der Waals surface area contributed by atoms with Crippen LogP contribution in [0.2, 0.25) is 0 Å². The van der Waals surface area contributed by atoms with Crippen molar-refractivity contribution in [2.45, 2.75) is 72.8 Å². The second-order valence-corrected chi connectivity index (χ2v) is 5.45. The first kappa shape index (κ1) is 17.4. The van der Waals surface area contributed by atoms with Gasteiger partial charge in [-0.25, -0.2) is 0 Å². The highest BCUT2D eigenvalue weighted by atomic mass is 15.3. The lowest BCUT2D eigenvalue weighted by Crippen LogP contribution is -2.35. The van der Waals surface area contributed by atoms with Gasteiger partial charge in [0.2, 0.25) is 0 Å². The second-order valence-electron chi connectivity index (χ2n) is 5.45. The van der Waals surface area contributed by atoms with E-state index in [9.17, 15) is 5.26 Å². The molecule has 4 nitrogen and oxygen atoms in total. The summed E-state index contributed by atoms with van der Waals surface area (Å²) < 4.78 is 0. The first-order chi connectivity index (χ1) is 10.1. The minimum atomic E-state index is 0.370. The van der Waals surface area contributed by atoms with Crippen LogP contribution in [0.4, 0.5) is 5.82 Å². The molecule has 0 aliphatic rings. The third-order valence-corrected chi connectivity index (χ3v) is 4.09. The topological polar surface area (TPSA) is 52.8 Å². The lowest BCUT2D eigenvalue weighted by Gasteiger charge is -2.30. The minimum Gasteiger partial charge on any atom is -0.351 e. The number of hydrogen-bond acceptors (Lipinski definition) is 4. The van der Waals surface area contributed by atoms with E-state index >= 15 is 0 Å². The summed E-state index contributed by atoms with van der Waals surface area (Å²) in [7, 11) is 0. The monoisotopic (exact) mass is 288 g/mol. The van der Waals surface area contributed by atoms with Crippen molar-refractivity contribution in [3.63, 3.8) is 0 Å². The van der Waals surface area contributed by atoms with E-state index in [1.165, 1.54) is 0 Å². The molecule has 0 aliphatic heterocycles. The lowest BCUT2D eigenvalue weighted by molar-refractivity contribution is 0.584. The Hall–Kier alpha value is -1.63. The number of aromatic nitrogens is 2. The van der Waals surface area contributed by atoms with Gasteiger partial charge in [0.25, 0.3) is 0 Å². The summed E-state index contributed by atoms with van der Waals surface area (Å²) in [6, 6.07) is 2.75. The van der Waals surface area contributed by atoms with Crippen molar-refractivity contribution in [3.05, 3.63) is 16.8 Å². The quantitative estimate of drug-likeness (QED) is 0.728. The SMILES string of the molecule is CCCCN(c1nnc(CC)c(CC)c1C#N)C(C)CC. The van der Waals surface area contributed by atoms with Crippen LogP contribution in [0.1, 0.15) is 70.7 Å². The van der Waals surface area contributed by atoms with Gasteiger partial charge in [0.15, 0.2) is 5.82 Å². The van der Waals surface area contributed by atoms with Crippen LogP contribution in [0.25, 0.3) is 0 Å². The predicted molar refractivity (Wildman–Crippen MR) is 87.5 cm³/mol. The molecular weight excluding hydrogens is 260 g/mol. The summed E-state index contributed by atoms with van der Waals surface area (Å²) in [5.74, 6) is 0.773. The van der Waals surface area contributed by atoms with E-state index in [0.29, 0.717) is 6.04 Å². The molecular formula is C17H28N4. The fraction of sp³-hybridized carbons (Fsp3) is 0.706. The van der Waals surface area contributed by atoms with Crippen LogP contribution < -0.4 is 4.90 Å². The molecule has 4 heteroatoms. The molecule has 0 saturated carbocycles. The van der Waals surface area contributed by atoms with E-state index in [-0.39, 0.29) is 0 Å². The normalized spacial score (nSPS) is 12.0. The summed E-state index contributed by atoms with van der Waals surface area (Å²) in [4.78, 5) is 2.26. The first-order valence-electron chi connectivity index (χ1n) is 8.19. The van der Waals surface area contributed by atoms with E-state index in [1.807, 2.05) is 0 Å². The molecule has 1 aromatic heterocycles. The van der Waals surface area contributed by atoms with E-state index in [4.69, 9.17) is 0 Å². The van der Waals surface area contributed by atoms with E-state index < -0.39 is 0 Å². The average molecular weight is 288 g/mol. The zero-order valence-electron chi connectivity index (χ0n) is 14.1. The zero-order valence-corrected chi connectivity index (χ0v) is 14.1. The Morgan fingerprint density at radius 2 is 1.86 bits per heavy atom. The summed E-state index contributed by atoms with van der Waals surface area (Å²) >= 11 is 0. The molecule has 1 atom stereocenters. The fourth-order valence-corrected chi connectivity index (χ4v) is 2.56. The number of nitrogens with zero attached hydrogens (tertiary/aromatic N) is 4. The van der Waals surface area contributed by atoms with Gasteiger partial charge in [-0.2, -0.15) is 10.4 Å². The van der Waals surface area contributed by atoms with Gasteiger partial charge < -0.3 is 4.90 Å². The molecule has 0 amide bonds. The van der Waals surface area contributed by atoms with Crippen molar-refractivity contribution in [2.24, 2.45) is 0 Å². The van der Waals surface area contributed by atoms with Crippen molar-refractivity contribution in [2.75, 3.05) is 11.4 Å². The molecule has 1 heterocycles. The molecule has 0 radical (unpaired) electrons. The molecule has 0 saturated heterocycles. The summed E-state index contributed by atoms with van der Waals surface area (Å²) in [5, 5.41) is 18.4. The van der Waals surface area contributed by atoms with Gasteiger partial charge in [0, 0.05) is 12.6 Å². The number of anilines is 1. The molecule has 0 N–H and O–H groups in total. The van der Waals surface area contributed by atoms with Crippen molar-refractivity contribution in [3.8, 4) is 6.07 Å². The van der Waals surface area contributed by atoms with Crippen molar-refractivity contribution in [1.29, 1.82) is 5.26 Å². The van der Waals surface area contributed by atoms with Gasteiger partial charge in [-0.1, -0.05) is 34.1 Å². The highest BCUT2D eigenvalue weighted by molar-refractivity contribution is 5.58. The maximum atomic E-state index is 9.63. The fourth-order valence-electron chi connectivity index (χ4n) is 2.56. The van der Waals surface area contributed by atoms with Crippen molar-refractivity contribution >= 4 is 5.82 Å². The summed E-state index contributed by atoms with van der Waals surface area (Å²) in [6.07, 6.45) is 4.93. The zero-order chi connectivity index (χ0) is 15.8. The van der Waals surface area contributed by atoms with Crippen molar-refractivity contribution in [1.82, 2.24) is 10.2 Å². The Bertz CT molecular complexity index is 490. The van der Waals surface area contributed by atoms with Gasteiger partial charge in [0.1, 0.15) is 11.6 Å². The van der Waals surface area contributed by atoms with E-state index in [0.717, 1.165) is 61.3 Å². The number of hydrogen-bond donors (Lipinski definition) is 0. The molecule has 1 rings (SSSR count). The van der Waals surface area contributed by atoms with Crippen LogP contribution in [0.5, 0.6) is 0 Å². The van der Waals surface area contributed by atoms with Gasteiger partial charge in [0.05, 0.1) is 5.69 Å². The smallest absolute Gasteiger partial charge is 0.169 e. The Labute approximate surface area is 129 Å². The largest absolute Gasteiger partial charge is 0.351 e. The molecule has 0 bridgehead atoms. The molecule has 0 spiro atoms. The van der Waals surface area contributed by atoms with Crippen LogP contribution in [0.3, 0.4) is 0 Å². The highest BCUT2D eigenvalue weighted by Crippen LogP contribution is 2.25. The third kappa shape index (κ3) is 3.93. The highest BCUT2D eigenvalue weighted by Gasteiger charge is 2.22. The number of unbranched alkanes of at least 4 members (excludes halogenated alkanes) is 1. The van der Waals surface area contributed by atoms with Gasteiger partial charge in [-0.3, -0.25) is 0 Å². The first-order valence-corrected chi connectivity index (χ1v) is 8.19. The Balaban J connectivity index is 3.34. The van der Waals surface area contributed by atoms with Crippen molar-refractivity contribution < 1.29 is 0 Å². The Kier molecular flexibility index (Phi) is 7.14. The molecule has 116 valence electrons. The van der Waals surface area contributed by atoms with Crippen LogP contribution in [-0.2, 0) is 12.8 Å². The van der Waals surface area contributed by atoms with E-state index in [1.54, 1.807) is 0 Å². The molecule has 0 aliphatic carbocycles. The standard InChI is InChI=1S/C17H28N4/c1-6-10-11-21(13(5)7-2)17-15(12-18)14(8-3)16(9-4)19-20-17/h13H,6-11H2,1-5H3. The minimum absolute atomic E-state index is 0.370. The molecule has 0 fully saturated rings. The summed E-state index contributed by atoms with van der Waals surface area (Å²) in [5.41, 5.74) is 2.74. The second kappa shape index (κ2) is 8.61. The molecule has 21 heavy (non-hydrogen) atoms. The Morgan fingerprint density at radius 3 is 2.33 bits per heavy atom. The van der Waals surface area contributed by atoms with Crippen LogP contribution >= 0.6 is 0 Å². The van der Waals surface area contributed by atoms with Crippen LogP contribution in [0.15, 0.2) is 0 Å². The predicted octanol–water partition coefficient (Wildman–Crippen LogP) is 3.88. The number of rotatable bonds is 8. The van der Waals surface area contributed by atoms with Gasteiger partial charge in [-0.05, 0) is 38.2 Å². The average Bonchev–Trinajstić information content (AvgIpc) is 2.53. The third-order valence-electron chi connectivity index (χ3n) is 4.09. The number of aryl methyl sites for hydroxylation is 1. The van der Waals surface area contributed by atoms with E-state index in [2.05, 4.69) is 55.8 Å². The molecule has 0 aromatic carbocycles. The maximum Gasteiger partial charge on any atom is 0.169 e.